The number of hydrogen-bond donors (Lipinski definition) is 0. The third-order valence-electron chi connectivity index (χ3n) is 11.5. The van der Waals surface area contributed by atoms with E-state index in [2.05, 4.69) is 21.8 Å². The number of nitrogens with zero attached hydrogens (tertiary/aromatic N) is 6. The normalized spacial score (nSPS) is 11.4. The molecule has 0 fully saturated rings. The third kappa shape index (κ3) is 5.77. The van der Waals surface area contributed by atoms with Crippen LogP contribution in [0.15, 0.2) is 164 Å². The minimum atomic E-state index is -4.84. The second-order valence-electron chi connectivity index (χ2n) is 14.8. The summed E-state index contributed by atoms with van der Waals surface area (Å²) in [6.07, 6.45) is -4.84. The number of halogens is 3. The predicted octanol–water partition coefficient (Wildman–Crippen LogP) is 14.7. The van der Waals surface area contributed by atoms with Crippen molar-refractivity contribution in [2.45, 2.75) is 6.18 Å². The Morgan fingerprint density at radius 2 is 0.968 bits per heavy atom. The molecular weight excluding hydrogens is 778 g/mol. The first-order valence-corrected chi connectivity index (χ1v) is 19.4. The maximum Gasteiger partial charge on any atom is 0.415 e. The molecule has 10 aromatic rings. The highest BCUT2D eigenvalue weighted by molar-refractivity contribution is 6.13. The quantitative estimate of drug-likeness (QED) is 0.163. The molecule has 0 bridgehead atoms. The number of fused-ring (bicyclic) bond motifs is 6. The average Bonchev–Trinajstić information content (AvgIpc) is 3.82. The Labute approximate surface area is 353 Å². The first-order chi connectivity index (χ1) is 30.2. The van der Waals surface area contributed by atoms with Crippen LogP contribution < -0.4 is 0 Å². The molecular formula is C53H27F3N6. The molecule has 62 heavy (non-hydrogen) atoms. The number of alkyl halides is 3. The Morgan fingerprint density at radius 1 is 0.452 bits per heavy atom. The zero-order chi connectivity index (χ0) is 42.7. The number of para-hydroxylation sites is 3. The van der Waals surface area contributed by atoms with Crippen LogP contribution in [0.3, 0.4) is 0 Å². The fraction of sp³-hybridized carbons (Fsp3) is 0.0189. The number of aromatic nitrogens is 2. The summed E-state index contributed by atoms with van der Waals surface area (Å²) in [7, 11) is 0. The molecule has 0 atom stereocenters. The molecule has 8 aromatic carbocycles. The van der Waals surface area contributed by atoms with Gasteiger partial charge in [0.1, 0.15) is 6.07 Å². The molecule has 290 valence electrons. The molecule has 0 unspecified atom stereocenters. The molecule has 10 rings (SSSR count). The summed E-state index contributed by atoms with van der Waals surface area (Å²) in [6, 6.07) is 52.8. The number of rotatable bonds is 5. The van der Waals surface area contributed by atoms with Crippen LogP contribution in [0.25, 0.3) is 98.1 Å². The molecule has 0 spiro atoms. The maximum absolute atomic E-state index is 15.3. The lowest BCUT2D eigenvalue weighted by molar-refractivity contribution is -0.137. The Bertz CT molecular complexity index is 3690. The van der Waals surface area contributed by atoms with E-state index >= 15 is 13.2 Å². The average molecular weight is 805 g/mol. The van der Waals surface area contributed by atoms with Crippen molar-refractivity contribution in [3.8, 4) is 56.9 Å². The SMILES string of the molecule is [C-]#[N+]c1ccccc1-c1ccc2c(c1)c1ccccc1n2-c1cc(C#N)c(-n2c3ccccc3c3cc(-c4ccccc4C#N)ccc32)cc1-c1c([N+]#[C-])cccc1C(F)(F)F. The molecule has 0 saturated carbocycles. The van der Waals surface area contributed by atoms with Crippen molar-refractivity contribution in [1.82, 2.24) is 9.13 Å². The van der Waals surface area contributed by atoms with Gasteiger partial charge in [-0.2, -0.15) is 23.7 Å². The molecule has 2 aromatic heterocycles. The van der Waals surface area contributed by atoms with Crippen LogP contribution in [0.5, 0.6) is 0 Å². The van der Waals surface area contributed by atoms with E-state index < -0.39 is 11.7 Å². The van der Waals surface area contributed by atoms with Gasteiger partial charge in [-0.05, 0) is 82.4 Å². The van der Waals surface area contributed by atoms with Crippen molar-refractivity contribution in [2.24, 2.45) is 0 Å². The molecule has 0 aliphatic rings. The fourth-order valence-corrected chi connectivity index (χ4v) is 8.84. The molecule has 0 radical (unpaired) electrons. The van der Waals surface area contributed by atoms with Gasteiger partial charge >= 0.3 is 6.18 Å². The zero-order valence-corrected chi connectivity index (χ0v) is 32.4. The first-order valence-electron chi connectivity index (χ1n) is 19.4. The smallest absolute Gasteiger partial charge is 0.309 e. The van der Waals surface area contributed by atoms with Gasteiger partial charge in [0, 0.05) is 27.1 Å². The van der Waals surface area contributed by atoms with Gasteiger partial charge in [0.15, 0.2) is 11.4 Å². The van der Waals surface area contributed by atoms with Crippen molar-refractivity contribution in [1.29, 1.82) is 10.5 Å². The molecule has 0 aliphatic carbocycles. The van der Waals surface area contributed by atoms with E-state index in [9.17, 15) is 10.5 Å². The molecule has 2 heterocycles. The van der Waals surface area contributed by atoms with Gasteiger partial charge in [0.25, 0.3) is 0 Å². The summed E-state index contributed by atoms with van der Waals surface area (Å²) < 4.78 is 49.5. The molecule has 0 amide bonds. The highest BCUT2D eigenvalue weighted by Crippen LogP contribution is 2.48. The van der Waals surface area contributed by atoms with E-state index in [1.54, 1.807) is 30.3 Å². The van der Waals surface area contributed by atoms with Gasteiger partial charge in [-0.1, -0.05) is 109 Å². The second kappa shape index (κ2) is 14.4. The Hall–Kier alpha value is -8.89. The van der Waals surface area contributed by atoms with Crippen molar-refractivity contribution in [3.63, 3.8) is 0 Å². The summed E-state index contributed by atoms with van der Waals surface area (Å²) in [4.78, 5) is 7.37. The van der Waals surface area contributed by atoms with Crippen molar-refractivity contribution in [3.05, 3.63) is 203 Å². The summed E-state index contributed by atoms with van der Waals surface area (Å²) in [6.45, 7) is 15.9. The Morgan fingerprint density at radius 3 is 1.58 bits per heavy atom. The summed E-state index contributed by atoms with van der Waals surface area (Å²) in [5, 5.41) is 24.2. The van der Waals surface area contributed by atoms with E-state index in [0.29, 0.717) is 39.0 Å². The van der Waals surface area contributed by atoms with Crippen LogP contribution in [0.4, 0.5) is 24.5 Å². The first kappa shape index (κ1) is 37.4. The van der Waals surface area contributed by atoms with Crippen LogP contribution in [0.1, 0.15) is 16.7 Å². The van der Waals surface area contributed by atoms with Gasteiger partial charge in [0.05, 0.1) is 69.3 Å². The van der Waals surface area contributed by atoms with Gasteiger partial charge in [-0.25, -0.2) is 9.69 Å². The summed E-state index contributed by atoms with van der Waals surface area (Å²) in [5.74, 6) is 0. The number of nitriles is 2. The lowest BCUT2D eigenvalue weighted by atomic mass is 9.93. The predicted molar refractivity (Wildman–Crippen MR) is 238 cm³/mol. The third-order valence-corrected chi connectivity index (χ3v) is 11.5. The van der Waals surface area contributed by atoms with Crippen molar-refractivity contribution in [2.75, 3.05) is 0 Å². The largest absolute Gasteiger partial charge is 0.415 e. The van der Waals surface area contributed by atoms with E-state index in [-0.39, 0.29) is 28.1 Å². The minimum absolute atomic E-state index is 0.105. The van der Waals surface area contributed by atoms with Crippen molar-refractivity contribution >= 4 is 55.0 Å². The highest BCUT2D eigenvalue weighted by Gasteiger charge is 2.36. The lowest BCUT2D eigenvalue weighted by Crippen LogP contribution is -2.09. The highest BCUT2D eigenvalue weighted by atomic mass is 19.4. The second-order valence-corrected chi connectivity index (χ2v) is 14.8. The fourth-order valence-electron chi connectivity index (χ4n) is 8.84. The monoisotopic (exact) mass is 804 g/mol. The minimum Gasteiger partial charge on any atom is -0.309 e. The maximum atomic E-state index is 15.3. The summed E-state index contributed by atoms with van der Waals surface area (Å²) >= 11 is 0. The lowest BCUT2D eigenvalue weighted by Gasteiger charge is -2.22. The summed E-state index contributed by atoms with van der Waals surface area (Å²) in [5.41, 5.74) is 6.24. The Kier molecular flexibility index (Phi) is 8.70. The molecule has 0 N–H and O–H groups in total. The van der Waals surface area contributed by atoms with E-state index in [1.807, 2.05) is 124 Å². The van der Waals surface area contributed by atoms with Crippen LogP contribution in [-0.2, 0) is 6.18 Å². The zero-order valence-electron chi connectivity index (χ0n) is 32.4. The van der Waals surface area contributed by atoms with Gasteiger partial charge in [-0.3, -0.25) is 0 Å². The Balaban J connectivity index is 1.32. The topological polar surface area (TPSA) is 66.2 Å². The van der Waals surface area contributed by atoms with Crippen LogP contribution >= 0.6 is 0 Å². The van der Waals surface area contributed by atoms with Crippen molar-refractivity contribution < 1.29 is 13.2 Å². The molecule has 6 nitrogen and oxygen atoms in total. The number of benzene rings is 8. The van der Waals surface area contributed by atoms with Crippen LogP contribution in [0, 0.1) is 35.8 Å². The van der Waals surface area contributed by atoms with Gasteiger partial charge in [-0.15, -0.1) is 0 Å². The van der Waals surface area contributed by atoms with Crippen LogP contribution in [0.2, 0.25) is 0 Å². The van der Waals surface area contributed by atoms with Gasteiger partial charge < -0.3 is 9.13 Å². The molecule has 9 heteroatoms. The number of hydrogen-bond acceptors (Lipinski definition) is 2. The van der Waals surface area contributed by atoms with E-state index in [0.717, 1.165) is 49.9 Å². The standard InChI is InChI=1S/C53H27F3N6/c1-59-44-18-8-5-14-37(44)33-23-25-49-41(27-33)39-16-7-10-21-47(39)62(49)51-28-35(31-58)50(29-42(51)52-43(53(54,55)56)17-11-19-45(52)60-2)61-46-20-9-6-15-38(46)40-26-32(22-24-48(40)61)36-13-4-3-12-34(36)30-57/h3-29H. The molecule has 0 saturated heterocycles. The molecule has 0 aliphatic heterocycles. The van der Waals surface area contributed by atoms with Gasteiger partial charge in [0.2, 0.25) is 0 Å². The van der Waals surface area contributed by atoms with Crippen LogP contribution in [-0.4, -0.2) is 9.13 Å². The van der Waals surface area contributed by atoms with E-state index in [4.69, 9.17) is 13.1 Å². The van der Waals surface area contributed by atoms with E-state index in [1.165, 1.54) is 12.1 Å².